The van der Waals surface area contributed by atoms with Crippen molar-refractivity contribution in [3.63, 3.8) is 0 Å². The van der Waals surface area contributed by atoms with Crippen LogP contribution in [0.2, 0.25) is 15.1 Å². The van der Waals surface area contributed by atoms with E-state index in [0.29, 0.717) is 31.9 Å². The Kier molecular flexibility index (Phi) is 7.09. The van der Waals surface area contributed by atoms with E-state index in [1.54, 1.807) is 29.1 Å². The molecule has 0 spiro atoms. The number of benzene rings is 3. The number of hydrogen-bond donors (Lipinski definition) is 1. The zero-order valence-electron chi connectivity index (χ0n) is 17.3. The minimum absolute atomic E-state index is 0.0768. The predicted octanol–water partition coefficient (Wildman–Crippen LogP) is 6.02. The lowest BCUT2D eigenvalue weighted by Gasteiger charge is -2.05. The number of amides is 1. The third kappa shape index (κ3) is 5.51. The van der Waals surface area contributed by atoms with Gasteiger partial charge in [-0.1, -0.05) is 59.1 Å². The van der Waals surface area contributed by atoms with Crippen LogP contribution in [0.15, 0.2) is 90.0 Å². The van der Waals surface area contributed by atoms with Gasteiger partial charge in [0.2, 0.25) is 0 Å². The number of halogens is 3. The lowest BCUT2D eigenvalue weighted by molar-refractivity contribution is -0.114. The van der Waals surface area contributed by atoms with Gasteiger partial charge in [-0.3, -0.25) is 4.79 Å². The van der Waals surface area contributed by atoms with Gasteiger partial charge in [0.15, 0.2) is 0 Å². The van der Waals surface area contributed by atoms with E-state index < -0.39 is 15.9 Å². The third-order valence-corrected chi connectivity index (χ3v) is 7.08. The van der Waals surface area contributed by atoms with Crippen LogP contribution in [0.3, 0.4) is 0 Å². The van der Waals surface area contributed by atoms with E-state index in [9.17, 15) is 13.2 Å². The summed E-state index contributed by atoms with van der Waals surface area (Å²) < 4.78 is 28.6. The first-order chi connectivity index (χ1) is 16.2. The molecule has 172 valence electrons. The Bertz CT molecular complexity index is 1480. The highest BCUT2D eigenvalue weighted by Gasteiger charge is 2.17. The molecule has 6 nitrogen and oxygen atoms in total. The molecule has 0 aliphatic heterocycles. The number of para-hydroxylation sites is 1. The Balaban J connectivity index is 1.65. The number of hydrogen-bond acceptors (Lipinski definition) is 4. The molecule has 4 rings (SSSR count). The summed E-state index contributed by atoms with van der Waals surface area (Å²) in [4.78, 5) is 12.3. The van der Waals surface area contributed by atoms with Crippen LogP contribution in [0, 0.1) is 0 Å². The van der Waals surface area contributed by atoms with Gasteiger partial charge < -0.3 is 0 Å². The van der Waals surface area contributed by atoms with Gasteiger partial charge in [0.1, 0.15) is 5.69 Å². The first kappa shape index (κ1) is 24.0. The van der Waals surface area contributed by atoms with Crippen LogP contribution in [0.5, 0.6) is 0 Å². The van der Waals surface area contributed by atoms with Crippen molar-refractivity contribution in [2.45, 2.75) is 4.90 Å². The maximum atomic E-state index is 12.5. The maximum absolute atomic E-state index is 12.5. The number of nitrogens with one attached hydrogen (secondary N) is 1. The number of sulfonamides is 1. The summed E-state index contributed by atoms with van der Waals surface area (Å²) in [5, 5.41) is 5.77. The van der Waals surface area contributed by atoms with Gasteiger partial charge in [-0.05, 0) is 54.6 Å². The fraction of sp³-hybridized carbons (Fsp3) is 0. The van der Waals surface area contributed by atoms with Crippen LogP contribution < -0.4 is 4.72 Å². The molecule has 0 radical (unpaired) electrons. The van der Waals surface area contributed by atoms with Crippen LogP contribution in [0.4, 0.5) is 0 Å². The summed E-state index contributed by atoms with van der Waals surface area (Å²) in [6.45, 7) is 0. The molecule has 0 atom stereocenters. The Hall–Kier alpha value is -3.10. The molecule has 0 fully saturated rings. The minimum Gasteiger partial charge on any atom is -0.269 e. The van der Waals surface area contributed by atoms with Crippen molar-refractivity contribution >= 4 is 56.8 Å². The normalized spacial score (nSPS) is 11.6. The van der Waals surface area contributed by atoms with Crippen molar-refractivity contribution in [2.75, 3.05) is 0 Å². The van der Waals surface area contributed by atoms with Gasteiger partial charge in [-0.25, -0.2) is 17.8 Å². The largest absolute Gasteiger partial charge is 0.269 e. The first-order valence-corrected chi connectivity index (χ1v) is 12.5. The smallest absolute Gasteiger partial charge is 0.264 e. The fourth-order valence-electron chi connectivity index (χ4n) is 3.09. The molecule has 0 unspecified atom stereocenters. The summed E-state index contributed by atoms with van der Waals surface area (Å²) in [5.41, 5.74) is 2.59. The number of carbonyl (C=O) groups is 1. The van der Waals surface area contributed by atoms with Gasteiger partial charge >= 0.3 is 0 Å². The number of carbonyl (C=O) groups excluding carboxylic acids is 1. The van der Waals surface area contributed by atoms with Crippen LogP contribution in [-0.4, -0.2) is 24.1 Å². The zero-order valence-corrected chi connectivity index (χ0v) is 20.4. The summed E-state index contributed by atoms with van der Waals surface area (Å²) in [6, 6.07) is 20.0. The molecule has 4 aromatic rings. The second kappa shape index (κ2) is 10.0. The van der Waals surface area contributed by atoms with Crippen molar-refractivity contribution in [2.24, 2.45) is 0 Å². The number of aromatic nitrogens is 2. The standard InChI is InChI=1S/C24H16Cl3N3O3S/c25-18-8-10-20(11-9-18)34(32,33)29-23(31)13-7-17-15-30(19-4-2-1-3-5-19)28-24(17)16-6-12-21(26)22(27)14-16/h1-15H,(H,29,31)/b13-7+. The van der Waals surface area contributed by atoms with Gasteiger partial charge in [-0.15, -0.1) is 0 Å². The molecule has 0 aliphatic carbocycles. The lowest BCUT2D eigenvalue weighted by Crippen LogP contribution is -2.28. The summed E-state index contributed by atoms with van der Waals surface area (Å²) in [7, 11) is -4.05. The predicted molar refractivity (Wildman–Crippen MR) is 135 cm³/mol. The molecule has 0 saturated heterocycles. The molecule has 10 heteroatoms. The van der Waals surface area contributed by atoms with Gasteiger partial charge in [0, 0.05) is 28.4 Å². The van der Waals surface area contributed by atoms with Crippen molar-refractivity contribution in [3.8, 4) is 16.9 Å². The van der Waals surface area contributed by atoms with Gasteiger partial charge in [-0.2, -0.15) is 5.10 Å². The van der Waals surface area contributed by atoms with Crippen LogP contribution in [0.1, 0.15) is 5.56 Å². The van der Waals surface area contributed by atoms with Gasteiger partial charge in [0.05, 0.1) is 20.6 Å². The molecule has 3 aromatic carbocycles. The Morgan fingerprint density at radius 2 is 1.62 bits per heavy atom. The summed E-state index contributed by atoms with van der Waals surface area (Å²) in [6.07, 6.45) is 4.34. The maximum Gasteiger partial charge on any atom is 0.264 e. The highest BCUT2D eigenvalue weighted by Crippen LogP contribution is 2.30. The zero-order chi connectivity index (χ0) is 24.3. The van der Waals surface area contributed by atoms with Crippen molar-refractivity contribution in [1.29, 1.82) is 0 Å². The van der Waals surface area contributed by atoms with Crippen molar-refractivity contribution < 1.29 is 13.2 Å². The molecule has 0 aliphatic rings. The third-order valence-electron chi connectivity index (χ3n) is 4.73. The molecule has 1 amide bonds. The Labute approximate surface area is 211 Å². The average molecular weight is 533 g/mol. The Morgan fingerprint density at radius 3 is 2.29 bits per heavy atom. The minimum atomic E-state index is -4.05. The van der Waals surface area contributed by atoms with E-state index >= 15 is 0 Å². The quantitative estimate of drug-likeness (QED) is 0.308. The van der Waals surface area contributed by atoms with E-state index in [-0.39, 0.29) is 4.90 Å². The Morgan fingerprint density at radius 1 is 0.912 bits per heavy atom. The number of nitrogens with zero attached hydrogens (tertiary/aromatic N) is 2. The van der Waals surface area contributed by atoms with Crippen molar-refractivity contribution in [3.05, 3.63) is 106 Å². The van der Waals surface area contributed by atoms with E-state index in [0.717, 1.165) is 11.8 Å². The summed E-state index contributed by atoms with van der Waals surface area (Å²) >= 11 is 18.0. The summed E-state index contributed by atoms with van der Waals surface area (Å²) in [5.74, 6) is -0.817. The van der Waals surface area contributed by atoms with E-state index in [2.05, 4.69) is 5.10 Å². The lowest BCUT2D eigenvalue weighted by atomic mass is 10.1. The molecular formula is C24H16Cl3N3O3S. The second-order valence-electron chi connectivity index (χ2n) is 7.10. The molecule has 1 heterocycles. The number of rotatable bonds is 6. The SMILES string of the molecule is O=C(/C=C/c1cn(-c2ccccc2)nc1-c1ccc(Cl)c(Cl)c1)NS(=O)(=O)c1ccc(Cl)cc1. The first-order valence-electron chi connectivity index (χ1n) is 9.84. The highest BCUT2D eigenvalue weighted by atomic mass is 35.5. The molecule has 0 bridgehead atoms. The second-order valence-corrected chi connectivity index (χ2v) is 10.0. The van der Waals surface area contributed by atoms with Crippen molar-refractivity contribution in [1.82, 2.24) is 14.5 Å². The van der Waals surface area contributed by atoms with Gasteiger partial charge in [0.25, 0.3) is 15.9 Å². The van der Waals surface area contributed by atoms with Crippen LogP contribution in [0.25, 0.3) is 23.0 Å². The fourth-order valence-corrected chi connectivity index (χ4v) is 4.46. The van der Waals surface area contributed by atoms with E-state index in [1.807, 2.05) is 35.1 Å². The molecule has 0 saturated carbocycles. The molecule has 1 aromatic heterocycles. The van der Waals surface area contributed by atoms with E-state index in [4.69, 9.17) is 34.8 Å². The van der Waals surface area contributed by atoms with Crippen LogP contribution >= 0.6 is 34.8 Å². The molecule has 34 heavy (non-hydrogen) atoms. The highest BCUT2D eigenvalue weighted by molar-refractivity contribution is 7.90. The van der Waals surface area contributed by atoms with Crippen LogP contribution in [-0.2, 0) is 14.8 Å². The molecule has 1 N–H and O–H groups in total. The monoisotopic (exact) mass is 531 g/mol. The average Bonchev–Trinajstić information content (AvgIpc) is 3.24. The topological polar surface area (TPSA) is 81.1 Å². The van der Waals surface area contributed by atoms with E-state index in [1.165, 1.54) is 30.3 Å². The molecular weight excluding hydrogens is 517 g/mol.